The van der Waals surface area contributed by atoms with Crippen molar-refractivity contribution in [2.24, 2.45) is 0 Å². The van der Waals surface area contributed by atoms with Crippen LogP contribution in [0.3, 0.4) is 0 Å². The third-order valence-electron chi connectivity index (χ3n) is 4.08. The van der Waals surface area contributed by atoms with E-state index in [2.05, 4.69) is 10.0 Å². The molecule has 0 aliphatic rings. The van der Waals surface area contributed by atoms with E-state index < -0.39 is 10.0 Å². The number of hydrogen-bond donors (Lipinski definition) is 2. The van der Waals surface area contributed by atoms with Crippen LogP contribution in [0.2, 0.25) is 0 Å². The lowest BCUT2D eigenvalue weighted by atomic mass is 10.1. The molecule has 0 spiro atoms. The van der Waals surface area contributed by atoms with Crippen molar-refractivity contribution in [1.29, 1.82) is 0 Å². The molecule has 0 saturated heterocycles. The van der Waals surface area contributed by atoms with E-state index in [0.29, 0.717) is 18.7 Å². The molecule has 0 aliphatic carbocycles. The summed E-state index contributed by atoms with van der Waals surface area (Å²) in [7, 11) is -2.11. The molecule has 0 atom stereocenters. The van der Waals surface area contributed by atoms with Gasteiger partial charge < -0.3 is 10.1 Å². The summed E-state index contributed by atoms with van der Waals surface area (Å²) in [6, 6.07) is 11.6. The summed E-state index contributed by atoms with van der Waals surface area (Å²) in [5, 5.41) is 2.84. The molecule has 1 amide bonds. The molecule has 7 heteroatoms. The molecule has 26 heavy (non-hydrogen) atoms. The van der Waals surface area contributed by atoms with Gasteiger partial charge in [0.05, 0.1) is 4.90 Å². The molecule has 0 fully saturated rings. The van der Waals surface area contributed by atoms with Gasteiger partial charge >= 0.3 is 0 Å². The van der Waals surface area contributed by atoms with Crippen LogP contribution in [-0.2, 0) is 14.8 Å². The number of nitrogens with one attached hydrogen (secondary N) is 2. The van der Waals surface area contributed by atoms with Crippen LogP contribution in [0.1, 0.15) is 27.9 Å². The van der Waals surface area contributed by atoms with Gasteiger partial charge in [0.25, 0.3) is 5.91 Å². The van der Waals surface area contributed by atoms with E-state index in [1.165, 1.54) is 12.1 Å². The van der Waals surface area contributed by atoms with Crippen LogP contribution in [0.4, 0.5) is 5.69 Å². The van der Waals surface area contributed by atoms with Crippen molar-refractivity contribution in [3.8, 4) is 0 Å². The van der Waals surface area contributed by atoms with Gasteiger partial charge in [0.1, 0.15) is 0 Å². The zero-order valence-corrected chi connectivity index (χ0v) is 16.0. The van der Waals surface area contributed by atoms with Crippen LogP contribution < -0.4 is 10.0 Å². The fraction of sp³-hybridized carbons (Fsp3) is 0.316. The number of carbonyl (C=O) groups excluding carboxylic acids is 1. The zero-order chi connectivity index (χ0) is 19.2. The molecular weight excluding hydrogens is 352 g/mol. The van der Waals surface area contributed by atoms with Crippen LogP contribution in [0.25, 0.3) is 0 Å². The lowest BCUT2D eigenvalue weighted by molar-refractivity contribution is 0.102. The van der Waals surface area contributed by atoms with Gasteiger partial charge in [-0.2, -0.15) is 0 Å². The van der Waals surface area contributed by atoms with E-state index in [-0.39, 0.29) is 22.9 Å². The van der Waals surface area contributed by atoms with Gasteiger partial charge in [-0.1, -0.05) is 18.2 Å². The molecule has 2 aromatic carbocycles. The molecule has 140 valence electrons. The highest BCUT2D eigenvalue weighted by atomic mass is 32.2. The molecule has 0 heterocycles. The number of anilines is 1. The van der Waals surface area contributed by atoms with Crippen molar-refractivity contribution in [3.63, 3.8) is 0 Å². The Morgan fingerprint density at radius 2 is 1.85 bits per heavy atom. The first-order chi connectivity index (χ1) is 12.3. The highest BCUT2D eigenvalue weighted by Gasteiger charge is 2.16. The Hall–Kier alpha value is -2.22. The fourth-order valence-corrected chi connectivity index (χ4v) is 3.51. The topological polar surface area (TPSA) is 84.5 Å². The van der Waals surface area contributed by atoms with E-state index in [4.69, 9.17) is 4.74 Å². The number of benzene rings is 2. The van der Waals surface area contributed by atoms with Crippen LogP contribution in [0.5, 0.6) is 0 Å². The van der Waals surface area contributed by atoms with Crippen molar-refractivity contribution in [1.82, 2.24) is 4.72 Å². The number of sulfonamides is 1. The minimum absolute atomic E-state index is 0.0588. The van der Waals surface area contributed by atoms with Crippen molar-refractivity contribution in [2.75, 3.05) is 25.6 Å². The normalized spacial score (nSPS) is 11.3. The van der Waals surface area contributed by atoms with Gasteiger partial charge in [-0.15, -0.1) is 0 Å². The van der Waals surface area contributed by atoms with E-state index in [0.717, 1.165) is 11.1 Å². The van der Waals surface area contributed by atoms with Gasteiger partial charge in [-0.3, -0.25) is 4.79 Å². The van der Waals surface area contributed by atoms with Gasteiger partial charge in [0.2, 0.25) is 10.0 Å². The number of methoxy groups -OCH3 is 1. The Balaban J connectivity index is 2.15. The standard InChI is InChI=1S/C19H24N2O4S/c1-14-7-4-10-18(15(14)2)21-19(22)16-8-5-9-17(13-16)26(23,24)20-11-6-12-25-3/h4-5,7-10,13,20H,6,11-12H2,1-3H3,(H,21,22). The maximum Gasteiger partial charge on any atom is 0.255 e. The number of rotatable bonds is 8. The first-order valence-corrected chi connectivity index (χ1v) is 9.79. The van der Waals surface area contributed by atoms with E-state index in [9.17, 15) is 13.2 Å². The first kappa shape index (κ1) is 20.1. The van der Waals surface area contributed by atoms with Crippen LogP contribution in [0, 0.1) is 13.8 Å². The molecule has 0 aliphatic heterocycles. The SMILES string of the molecule is COCCCNS(=O)(=O)c1cccc(C(=O)Nc2cccc(C)c2C)c1. The predicted octanol–water partition coefficient (Wildman–Crippen LogP) is 2.87. The van der Waals surface area contributed by atoms with Crippen molar-refractivity contribution < 1.29 is 17.9 Å². The number of aryl methyl sites for hydroxylation is 1. The van der Waals surface area contributed by atoms with Gasteiger partial charge in [-0.05, 0) is 55.7 Å². The van der Waals surface area contributed by atoms with Gasteiger partial charge in [0, 0.05) is 31.5 Å². The maximum atomic E-state index is 12.5. The summed E-state index contributed by atoms with van der Waals surface area (Å²) >= 11 is 0. The smallest absolute Gasteiger partial charge is 0.255 e. The second kappa shape index (κ2) is 8.93. The highest BCUT2D eigenvalue weighted by Crippen LogP contribution is 2.19. The third kappa shape index (κ3) is 5.14. The first-order valence-electron chi connectivity index (χ1n) is 8.31. The highest BCUT2D eigenvalue weighted by molar-refractivity contribution is 7.89. The maximum absolute atomic E-state index is 12.5. The number of ether oxygens (including phenoxy) is 1. The van der Waals surface area contributed by atoms with Crippen molar-refractivity contribution in [3.05, 3.63) is 59.2 Å². The molecule has 2 aromatic rings. The fourth-order valence-electron chi connectivity index (χ4n) is 2.39. The lowest BCUT2D eigenvalue weighted by Crippen LogP contribution is -2.26. The summed E-state index contributed by atoms with van der Waals surface area (Å²) in [4.78, 5) is 12.6. The second-order valence-corrected chi connectivity index (χ2v) is 7.74. The third-order valence-corrected chi connectivity index (χ3v) is 5.54. The average Bonchev–Trinajstić information content (AvgIpc) is 2.63. The van der Waals surface area contributed by atoms with Gasteiger partial charge in [0.15, 0.2) is 0 Å². The Bertz CT molecular complexity index is 879. The summed E-state index contributed by atoms with van der Waals surface area (Å²) in [5.74, 6) is -0.352. The number of amides is 1. The minimum Gasteiger partial charge on any atom is -0.385 e. The minimum atomic E-state index is -3.67. The van der Waals surface area contributed by atoms with E-state index in [1.54, 1.807) is 19.2 Å². The Morgan fingerprint density at radius 3 is 2.58 bits per heavy atom. The Morgan fingerprint density at radius 1 is 1.12 bits per heavy atom. The van der Waals surface area contributed by atoms with Gasteiger partial charge in [-0.25, -0.2) is 13.1 Å². The molecule has 0 bridgehead atoms. The molecule has 0 aromatic heterocycles. The zero-order valence-electron chi connectivity index (χ0n) is 15.2. The summed E-state index contributed by atoms with van der Waals surface area (Å²) in [5.41, 5.74) is 3.04. The van der Waals surface area contributed by atoms with E-state index >= 15 is 0 Å². The largest absolute Gasteiger partial charge is 0.385 e. The van der Waals surface area contributed by atoms with Crippen LogP contribution in [-0.4, -0.2) is 34.6 Å². The molecule has 0 unspecified atom stereocenters. The molecule has 2 N–H and O–H groups in total. The summed E-state index contributed by atoms with van der Waals surface area (Å²) in [6.07, 6.45) is 0.572. The van der Waals surface area contributed by atoms with Crippen molar-refractivity contribution >= 4 is 21.6 Å². The summed E-state index contributed by atoms with van der Waals surface area (Å²) < 4.78 is 32.1. The molecule has 0 radical (unpaired) electrons. The number of carbonyl (C=O) groups is 1. The Kier molecular flexibility index (Phi) is 6.90. The monoisotopic (exact) mass is 376 g/mol. The lowest BCUT2D eigenvalue weighted by Gasteiger charge is -2.11. The quantitative estimate of drug-likeness (QED) is 0.694. The molecular formula is C19H24N2O4S. The molecule has 6 nitrogen and oxygen atoms in total. The second-order valence-electron chi connectivity index (χ2n) is 5.97. The van der Waals surface area contributed by atoms with Crippen LogP contribution >= 0.6 is 0 Å². The summed E-state index contributed by atoms with van der Waals surface area (Å²) in [6.45, 7) is 4.64. The molecule has 2 rings (SSSR count). The number of hydrogen-bond acceptors (Lipinski definition) is 4. The van der Waals surface area contributed by atoms with Crippen molar-refractivity contribution in [2.45, 2.75) is 25.2 Å². The Labute approximate surface area is 154 Å². The van der Waals surface area contributed by atoms with Crippen LogP contribution in [0.15, 0.2) is 47.4 Å². The average molecular weight is 376 g/mol. The van der Waals surface area contributed by atoms with E-state index in [1.807, 2.05) is 32.0 Å². The predicted molar refractivity (Wildman–Crippen MR) is 102 cm³/mol. The molecule has 0 saturated carbocycles.